The average Bonchev–Trinajstić information content (AvgIpc) is 2.65. The molecular weight excluding hydrogens is 240 g/mol. The second-order valence-corrected chi connectivity index (χ2v) is 4.01. The molecule has 0 aliphatic carbocycles. The van der Waals surface area contributed by atoms with Crippen LogP contribution in [0.25, 0.3) is 0 Å². The Labute approximate surface area is 102 Å². The summed E-state index contributed by atoms with van der Waals surface area (Å²) in [4.78, 5) is 0.252. The van der Waals surface area contributed by atoms with E-state index in [1.54, 1.807) is 0 Å². The van der Waals surface area contributed by atoms with E-state index in [1.165, 1.54) is 0 Å². The Morgan fingerprint density at radius 1 is 1.29 bits per heavy atom. The molecule has 1 aliphatic rings. The lowest BCUT2D eigenvalue weighted by atomic mass is 10.2. The van der Waals surface area contributed by atoms with E-state index in [0.29, 0.717) is 24.7 Å². The first-order valence-electron chi connectivity index (χ1n) is 5.27. The molecule has 1 atom stereocenters. The molecule has 6 heteroatoms. The molecule has 5 nitrogen and oxygen atoms in total. The van der Waals surface area contributed by atoms with Crippen LogP contribution in [0.3, 0.4) is 0 Å². The van der Waals surface area contributed by atoms with Gasteiger partial charge in [-0.3, -0.25) is 0 Å². The van der Waals surface area contributed by atoms with Crippen molar-refractivity contribution in [3.63, 3.8) is 0 Å². The van der Waals surface area contributed by atoms with Crippen molar-refractivity contribution in [1.82, 2.24) is 10.2 Å². The van der Waals surface area contributed by atoms with Crippen LogP contribution in [0.4, 0.5) is 0 Å². The fourth-order valence-corrected chi connectivity index (χ4v) is 1.84. The van der Waals surface area contributed by atoms with Gasteiger partial charge in [-0.2, -0.15) is 0 Å². The van der Waals surface area contributed by atoms with Crippen molar-refractivity contribution < 1.29 is 13.9 Å². The van der Waals surface area contributed by atoms with Crippen LogP contribution in [-0.4, -0.2) is 16.8 Å². The van der Waals surface area contributed by atoms with Crippen LogP contribution in [0.15, 0.2) is 28.7 Å². The predicted octanol–water partition coefficient (Wildman–Crippen LogP) is 2.63. The summed E-state index contributed by atoms with van der Waals surface area (Å²) in [5.74, 6) is 1.89. The molecule has 0 saturated carbocycles. The third-order valence-corrected chi connectivity index (χ3v) is 2.66. The van der Waals surface area contributed by atoms with Crippen molar-refractivity contribution >= 4 is 12.2 Å². The summed E-state index contributed by atoms with van der Waals surface area (Å²) in [7, 11) is 0. The number of ether oxygens (including phenoxy) is 2. The minimum absolute atomic E-state index is 0.252. The largest absolute Gasteiger partial charge is 0.490 e. The summed E-state index contributed by atoms with van der Waals surface area (Å²) in [6.45, 7) is 0.552. The highest BCUT2D eigenvalue weighted by molar-refractivity contribution is 7.71. The lowest BCUT2D eigenvalue weighted by Gasteiger charge is -2.11. The van der Waals surface area contributed by atoms with Gasteiger partial charge in [0.2, 0.25) is 0 Å². The molecule has 1 aromatic heterocycles. The lowest BCUT2D eigenvalue weighted by molar-refractivity contribution is 0.159. The molecule has 88 valence electrons. The number of aromatic nitrogens is 2. The molecular formula is C11H10N2O3S. The van der Waals surface area contributed by atoms with Gasteiger partial charge in [-0.05, 0) is 24.4 Å². The van der Waals surface area contributed by atoms with E-state index in [2.05, 4.69) is 10.2 Å². The molecule has 1 N–H and O–H groups in total. The van der Waals surface area contributed by atoms with Crippen LogP contribution in [0.1, 0.15) is 18.4 Å². The molecule has 3 rings (SSSR count). The average molecular weight is 250 g/mol. The molecule has 0 radical (unpaired) electrons. The predicted molar refractivity (Wildman–Crippen MR) is 61.6 cm³/mol. The van der Waals surface area contributed by atoms with Crippen molar-refractivity contribution in [2.75, 3.05) is 6.61 Å². The molecule has 0 bridgehead atoms. The molecule has 17 heavy (non-hydrogen) atoms. The summed E-state index contributed by atoms with van der Waals surface area (Å²) < 4.78 is 16.6. The van der Waals surface area contributed by atoms with E-state index >= 15 is 0 Å². The molecule has 2 aromatic rings. The topological polar surface area (TPSA) is 60.3 Å². The zero-order chi connectivity index (χ0) is 11.7. The van der Waals surface area contributed by atoms with E-state index in [-0.39, 0.29) is 10.9 Å². The maximum atomic E-state index is 5.81. The SMILES string of the molecule is S=c1[nH]nc(C2CCOc3ccccc3O2)o1. The summed E-state index contributed by atoms with van der Waals surface area (Å²) >= 11 is 4.84. The molecule has 0 spiro atoms. The maximum Gasteiger partial charge on any atom is 0.284 e. The van der Waals surface area contributed by atoms with E-state index in [0.717, 1.165) is 5.75 Å². The minimum atomic E-state index is -0.272. The van der Waals surface area contributed by atoms with Crippen LogP contribution >= 0.6 is 12.2 Å². The molecule has 0 amide bonds. The summed E-state index contributed by atoms with van der Waals surface area (Å²) in [6, 6.07) is 7.53. The van der Waals surface area contributed by atoms with Crippen molar-refractivity contribution in [3.8, 4) is 11.5 Å². The van der Waals surface area contributed by atoms with Gasteiger partial charge in [-0.25, -0.2) is 5.10 Å². The number of hydrogen-bond acceptors (Lipinski definition) is 5. The van der Waals surface area contributed by atoms with Gasteiger partial charge >= 0.3 is 0 Å². The molecule has 1 aromatic carbocycles. The van der Waals surface area contributed by atoms with E-state index in [4.69, 9.17) is 26.1 Å². The Bertz CT molecular complexity index is 578. The fourth-order valence-electron chi connectivity index (χ4n) is 1.71. The fraction of sp³-hybridized carbons (Fsp3) is 0.273. The van der Waals surface area contributed by atoms with Gasteiger partial charge in [-0.15, -0.1) is 5.10 Å². The molecule has 0 fully saturated rings. The summed E-state index contributed by atoms with van der Waals surface area (Å²) in [6.07, 6.45) is 0.393. The number of nitrogens with zero attached hydrogens (tertiary/aromatic N) is 1. The number of fused-ring (bicyclic) bond motifs is 1. The van der Waals surface area contributed by atoms with Gasteiger partial charge in [0, 0.05) is 6.42 Å². The molecule has 1 aliphatic heterocycles. The van der Waals surface area contributed by atoms with Crippen LogP contribution < -0.4 is 9.47 Å². The monoisotopic (exact) mass is 250 g/mol. The number of nitrogens with one attached hydrogen (secondary N) is 1. The number of rotatable bonds is 1. The zero-order valence-electron chi connectivity index (χ0n) is 8.88. The number of H-pyrrole nitrogens is 1. The quantitative estimate of drug-likeness (QED) is 0.788. The van der Waals surface area contributed by atoms with Gasteiger partial charge in [0.1, 0.15) is 0 Å². The van der Waals surface area contributed by atoms with Gasteiger partial charge in [0.25, 0.3) is 10.7 Å². The lowest BCUT2D eigenvalue weighted by Crippen LogP contribution is -2.08. The Balaban J connectivity index is 1.92. The van der Waals surface area contributed by atoms with Crippen molar-refractivity contribution in [1.29, 1.82) is 0 Å². The third-order valence-electron chi connectivity index (χ3n) is 2.49. The second-order valence-electron chi connectivity index (χ2n) is 3.64. The molecule has 1 unspecified atom stereocenters. The maximum absolute atomic E-state index is 5.81. The highest BCUT2D eigenvalue weighted by Crippen LogP contribution is 2.34. The van der Waals surface area contributed by atoms with Crippen LogP contribution in [0.5, 0.6) is 11.5 Å². The van der Waals surface area contributed by atoms with Crippen LogP contribution in [-0.2, 0) is 0 Å². The van der Waals surface area contributed by atoms with E-state index in [1.807, 2.05) is 24.3 Å². The third kappa shape index (κ3) is 2.03. The van der Waals surface area contributed by atoms with Crippen LogP contribution in [0.2, 0.25) is 0 Å². The second kappa shape index (κ2) is 4.21. The smallest absolute Gasteiger partial charge is 0.284 e. The summed E-state index contributed by atoms with van der Waals surface area (Å²) in [5, 5.41) is 6.57. The van der Waals surface area contributed by atoms with E-state index < -0.39 is 0 Å². The first kappa shape index (κ1) is 10.3. The van der Waals surface area contributed by atoms with Gasteiger partial charge < -0.3 is 13.9 Å². The van der Waals surface area contributed by atoms with Gasteiger partial charge in [0.15, 0.2) is 17.6 Å². The van der Waals surface area contributed by atoms with Crippen LogP contribution in [0, 0.1) is 4.84 Å². The normalized spacial score (nSPS) is 18.7. The standard InChI is InChI=1S/C11H10N2O3S/c17-11-13-12-10(16-11)9-5-6-14-7-3-1-2-4-8(7)15-9/h1-4,9H,5-6H2,(H,13,17). The van der Waals surface area contributed by atoms with Gasteiger partial charge in [-0.1, -0.05) is 12.1 Å². The van der Waals surface area contributed by atoms with Crippen molar-refractivity contribution in [2.24, 2.45) is 0 Å². The number of benzene rings is 1. The summed E-state index contributed by atoms with van der Waals surface area (Å²) in [5.41, 5.74) is 0. The Morgan fingerprint density at radius 2 is 2.12 bits per heavy atom. The van der Waals surface area contributed by atoms with Crippen molar-refractivity contribution in [2.45, 2.75) is 12.5 Å². The van der Waals surface area contributed by atoms with Gasteiger partial charge in [0.05, 0.1) is 6.61 Å². The Kier molecular flexibility index (Phi) is 2.56. The minimum Gasteiger partial charge on any atom is -0.490 e. The highest BCUT2D eigenvalue weighted by atomic mass is 32.1. The number of hydrogen-bond donors (Lipinski definition) is 1. The van der Waals surface area contributed by atoms with Crippen molar-refractivity contribution in [3.05, 3.63) is 35.0 Å². The number of para-hydroxylation sites is 2. The molecule has 0 saturated heterocycles. The van der Waals surface area contributed by atoms with E-state index in [9.17, 15) is 0 Å². The first-order valence-corrected chi connectivity index (χ1v) is 5.67. The highest BCUT2D eigenvalue weighted by Gasteiger charge is 2.23. The molecule has 2 heterocycles. The Morgan fingerprint density at radius 3 is 2.88 bits per heavy atom. The zero-order valence-corrected chi connectivity index (χ0v) is 9.70. The number of aromatic amines is 1. The Hall–Kier alpha value is -1.82. The first-order chi connectivity index (χ1) is 8.33.